The molecule has 0 saturated heterocycles. The SMILES string of the molecule is CC(C)[C@H](NC(=O)c1ccc(C(=O)N[C@@H](C(=O)O)C(C)C)cc1)C(=O)O.O.O. The first-order valence-corrected chi connectivity index (χ1v) is 8.22. The number of aliphatic carboxylic acids is 2. The van der Waals surface area contributed by atoms with Crippen molar-refractivity contribution in [2.45, 2.75) is 39.8 Å². The molecule has 0 saturated carbocycles. The summed E-state index contributed by atoms with van der Waals surface area (Å²) in [5.74, 6) is -3.96. The fourth-order valence-electron chi connectivity index (χ4n) is 2.25. The van der Waals surface area contributed by atoms with Gasteiger partial charge in [-0.15, -0.1) is 0 Å². The van der Waals surface area contributed by atoms with Crippen LogP contribution < -0.4 is 10.6 Å². The fraction of sp³-hybridized carbons (Fsp3) is 0.444. The molecule has 0 aliphatic carbocycles. The summed E-state index contributed by atoms with van der Waals surface area (Å²) in [5, 5.41) is 23.1. The zero-order valence-corrected chi connectivity index (χ0v) is 16.1. The van der Waals surface area contributed by atoms with E-state index in [0.29, 0.717) is 0 Å². The molecular weight excluding hydrogens is 372 g/mol. The van der Waals surface area contributed by atoms with Crippen LogP contribution in [0.5, 0.6) is 0 Å². The first kappa shape index (κ1) is 27.2. The first-order chi connectivity index (χ1) is 12.0. The first-order valence-electron chi connectivity index (χ1n) is 8.22. The lowest BCUT2D eigenvalue weighted by molar-refractivity contribution is -0.141. The van der Waals surface area contributed by atoms with Gasteiger partial charge in [0.2, 0.25) is 0 Å². The number of carboxylic acid groups (broad SMARTS) is 2. The second kappa shape index (κ2) is 11.7. The molecule has 2 atom stereocenters. The Bertz CT molecular complexity index is 626. The number of benzene rings is 1. The van der Waals surface area contributed by atoms with Crippen molar-refractivity contribution >= 4 is 23.8 Å². The second-order valence-corrected chi connectivity index (χ2v) is 6.64. The molecule has 0 fully saturated rings. The zero-order valence-electron chi connectivity index (χ0n) is 16.1. The van der Waals surface area contributed by atoms with Crippen LogP contribution in [0.15, 0.2) is 24.3 Å². The third-order valence-electron chi connectivity index (χ3n) is 3.85. The van der Waals surface area contributed by atoms with Crippen LogP contribution in [0.2, 0.25) is 0 Å². The quantitative estimate of drug-likeness (QED) is 0.462. The van der Waals surface area contributed by atoms with Gasteiger partial charge in [0, 0.05) is 11.1 Å². The molecule has 8 N–H and O–H groups in total. The van der Waals surface area contributed by atoms with Crippen molar-refractivity contribution in [1.29, 1.82) is 0 Å². The largest absolute Gasteiger partial charge is 0.480 e. The molecule has 1 aromatic carbocycles. The smallest absolute Gasteiger partial charge is 0.326 e. The summed E-state index contributed by atoms with van der Waals surface area (Å²) in [6.45, 7) is 6.72. The molecule has 10 heteroatoms. The van der Waals surface area contributed by atoms with Crippen molar-refractivity contribution in [3.8, 4) is 0 Å². The lowest BCUT2D eigenvalue weighted by atomic mass is 10.0. The maximum Gasteiger partial charge on any atom is 0.326 e. The highest BCUT2D eigenvalue weighted by atomic mass is 16.4. The predicted octanol–water partition coefficient (Wildman–Crippen LogP) is -0.285. The van der Waals surface area contributed by atoms with Crippen molar-refractivity contribution < 1.29 is 40.3 Å². The van der Waals surface area contributed by atoms with E-state index in [4.69, 9.17) is 10.2 Å². The third-order valence-corrected chi connectivity index (χ3v) is 3.85. The topological polar surface area (TPSA) is 196 Å². The number of carbonyl (C=O) groups excluding carboxylic acids is 2. The molecule has 158 valence electrons. The fourth-order valence-corrected chi connectivity index (χ4v) is 2.25. The minimum absolute atomic E-state index is 0. The minimum atomic E-state index is -1.13. The molecule has 1 aromatic rings. The molecule has 0 bridgehead atoms. The molecule has 10 nitrogen and oxygen atoms in total. The van der Waals surface area contributed by atoms with E-state index in [-0.39, 0.29) is 33.9 Å². The van der Waals surface area contributed by atoms with Gasteiger partial charge in [0.15, 0.2) is 0 Å². The highest BCUT2D eigenvalue weighted by Gasteiger charge is 2.25. The highest BCUT2D eigenvalue weighted by molar-refractivity contribution is 6.00. The van der Waals surface area contributed by atoms with Gasteiger partial charge in [-0.1, -0.05) is 27.7 Å². The minimum Gasteiger partial charge on any atom is -0.480 e. The summed E-state index contributed by atoms with van der Waals surface area (Å²) >= 11 is 0. The van der Waals surface area contributed by atoms with E-state index in [2.05, 4.69) is 10.6 Å². The Balaban J connectivity index is 0. The third kappa shape index (κ3) is 7.33. The average Bonchev–Trinajstić information content (AvgIpc) is 2.55. The molecule has 0 unspecified atom stereocenters. The second-order valence-electron chi connectivity index (χ2n) is 6.64. The van der Waals surface area contributed by atoms with Gasteiger partial charge in [0.1, 0.15) is 12.1 Å². The van der Waals surface area contributed by atoms with Crippen molar-refractivity contribution in [3.05, 3.63) is 35.4 Å². The Morgan fingerprint density at radius 3 is 1.11 bits per heavy atom. The highest BCUT2D eigenvalue weighted by Crippen LogP contribution is 2.09. The van der Waals surface area contributed by atoms with Gasteiger partial charge in [-0.2, -0.15) is 0 Å². The van der Waals surface area contributed by atoms with Gasteiger partial charge in [0.25, 0.3) is 11.8 Å². The summed E-state index contributed by atoms with van der Waals surface area (Å²) in [7, 11) is 0. The van der Waals surface area contributed by atoms with Gasteiger partial charge >= 0.3 is 11.9 Å². The van der Waals surface area contributed by atoms with Crippen molar-refractivity contribution in [2.75, 3.05) is 0 Å². The van der Waals surface area contributed by atoms with Gasteiger partial charge in [-0.05, 0) is 36.1 Å². The molecule has 0 radical (unpaired) electrons. The van der Waals surface area contributed by atoms with E-state index in [0.717, 1.165) is 0 Å². The Morgan fingerprint density at radius 2 is 0.929 bits per heavy atom. The molecule has 0 heterocycles. The van der Waals surface area contributed by atoms with Crippen LogP contribution in [-0.4, -0.2) is 57.0 Å². The Hall–Kier alpha value is -2.98. The van der Waals surface area contributed by atoms with E-state index < -0.39 is 35.8 Å². The average molecular weight is 400 g/mol. The molecule has 0 aliphatic rings. The number of nitrogens with one attached hydrogen (secondary N) is 2. The van der Waals surface area contributed by atoms with Crippen LogP contribution in [0.25, 0.3) is 0 Å². The molecular formula is C18H28N2O8. The van der Waals surface area contributed by atoms with Crippen LogP contribution >= 0.6 is 0 Å². The Labute approximate surface area is 162 Å². The standard InChI is InChI=1S/C18H24N2O6.2H2O/c1-9(2)13(17(23)24)19-15(21)11-5-7-12(8-6-11)16(22)20-14(10(3)4)18(25)26;;/h5-10,13-14H,1-4H3,(H,19,21)(H,20,22)(H,23,24)(H,25,26);2*1H2/t13-,14+;;. The van der Waals surface area contributed by atoms with Crippen LogP contribution in [0.4, 0.5) is 0 Å². The number of hydrogen-bond donors (Lipinski definition) is 4. The predicted molar refractivity (Wildman–Crippen MR) is 101 cm³/mol. The molecule has 0 aliphatic heterocycles. The van der Waals surface area contributed by atoms with Crippen LogP contribution in [0.3, 0.4) is 0 Å². The molecule has 2 amide bonds. The molecule has 1 rings (SSSR count). The van der Waals surface area contributed by atoms with E-state index in [1.165, 1.54) is 24.3 Å². The van der Waals surface area contributed by atoms with E-state index in [9.17, 15) is 19.2 Å². The van der Waals surface area contributed by atoms with E-state index in [1.807, 2.05) is 0 Å². The van der Waals surface area contributed by atoms with Gasteiger partial charge in [-0.25, -0.2) is 9.59 Å². The van der Waals surface area contributed by atoms with Crippen molar-refractivity contribution in [2.24, 2.45) is 11.8 Å². The number of carbonyl (C=O) groups is 4. The Kier molecular flexibility index (Phi) is 11.4. The number of carboxylic acids is 2. The Morgan fingerprint density at radius 1 is 0.679 bits per heavy atom. The monoisotopic (exact) mass is 400 g/mol. The van der Waals surface area contributed by atoms with E-state index in [1.54, 1.807) is 27.7 Å². The lowest BCUT2D eigenvalue weighted by Crippen LogP contribution is -2.44. The van der Waals surface area contributed by atoms with Crippen molar-refractivity contribution in [3.63, 3.8) is 0 Å². The van der Waals surface area contributed by atoms with Crippen molar-refractivity contribution in [1.82, 2.24) is 10.6 Å². The van der Waals surface area contributed by atoms with Crippen LogP contribution in [0, 0.1) is 11.8 Å². The molecule has 28 heavy (non-hydrogen) atoms. The summed E-state index contributed by atoms with van der Waals surface area (Å²) in [4.78, 5) is 46.6. The van der Waals surface area contributed by atoms with Gasteiger partial charge in [-0.3, -0.25) is 9.59 Å². The summed E-state index contributed by atoms with van der Waals surface area (Å²) in [6, 6.07) is 3.49. The molecule has 0 spiro atoms. The van der Waals surface area contributed by atoms with Crippen LogP contribution in [0.1, 0.15) is 48.4 Å². The van der Waals surface area contributed by atoms with E-state index >= 15 is 0 Å². The van der Waals surface area contributed by atoms with Crippen LogP contribution in [-0.2, 0) is 9.59 Å². The normalized spacial score (nSPS) is 12.2. The zero-order chi connectivity index (χ0) is 20.0. The number of amides is 2. The lowest BCUT2D eigenvalue weighted by Gasteiger charge is -2.18. The van der Waals surface area contributed by atoms with Gasteiger partial charge < -0.3 is 31.8 Å². The maximum absolute atomic E-state index is 12.1. The number of hydrogen-bond acceptors (Lipinski definition) is 4. The number of rotatable bonds is 8. The maximum atomic E-state index is 12.1. The summed E-state index contributed by atoms with van der Waals surface area (Å²) in [6.07, 6.45) is 0. The van der Waals surface area contributed by atoms with Gasteiger partial charge in [0.05, 0.1) is 0 Å². The summed E-state index contributed by atoms with van der Waals surface area (Å²) in [5.41, 5.74) is 0.402. The summed E-state index contributed by atoms with van der Waals surface area (Å²) < 4.78 is 0. The molecule has 0 aromatic heterocycles.